The molecule has 5 nitrogen and oxygen atoms in total. The number of halogens is 1. The first-order valence-corrected chi connectivity index (χ1v) is 5.06. The second-order valence-corrected chi connectivity index (χ2v) is 4.89. The third kappa shape index (κ3) is 3.27. The van der Waals surface area contributed by atoms with Gasteiger partial charge in [-0.3, -0.25) is 0 Å². The minimum absolute atomic E-state index is 0.0656. The van der Waals surface area contributed by atoms with E-state index < -0.39 is 5.60 Å². The molecule has 0 aromatic carbocycles. The molecule has 1 N–H and O–H groups in total. The Hall–Kier alpha value is -0.970. The van der Waals surface area contributed by atoms with Gasteiger partial charge < -0.3 is 14.8 Å². The molecule has 0 aromatic heterocycles. The first-order chi connectivity index (χ1) is 6.83. The van der Waals surface area contributed by atoms with Crippen LogP contribution in [-0.2, 0) is 4.74 Å². The van der Waals surface area contributed by atoms with Gasteiger partial charge in [0.2, 0.25) is 0 Å². The predicted octanol–water partition coefficient (Wildman–Crippen LogP) is 1.88. The summed E-state index contributed by atoms with van der Waals surface area (Å²) in [4.78, 5) is 13.0. The molecule has 6 heteroatoms. The van der Waals surface area contributed by atoms with E-state index in [1.807, 2.05) is 20.8 Å². The van der Waals surface area contributed by atoms with Crippen LogP contribution in [-0.4, -0.2) is 40.1 Å². The molecule has 0 spiro atoms. The van der Waals surface area contributed by atoms with Crippen LogP contribution < -0.4 is 0 Å². The number of carbonyl (C=O) groups is 1. The molecule has 1 rings (SSSR count). The predicted molar refractivity (Wildman–Crippen MR) is 56.4 cm³/mol. The number of hydrogen-bond acceptors (Lipinski definition) is 4. The van der Waals surface area contributed by atoms with Crippen LogP contribution in [0.15, 0.2) is 5.16 Å². The first-order valence-electron chi connectivity index (χ1n) is 4.69. The molecule has 15 heavy (non-hydrogen) atoms. The lowest BCUT2D eigenvalue weighted by Gasteiger charge is -2.38. The average Bonchev–Trinajstić information content (AvgIpc) is 1.97. The molecule has 1 fully saturated rings. The van der Waals surface area contributed by atoms with Gasteiger partial charge >= 0.3 is 6.09 Å². The number of nitrogens with zero attached hydrogens (tertiary/aromatic N) is 2. The highest BCUT2D eigenvalue weighted by Gasteiger charge is 2.36. The fourth-order valence-electron chi connectivity index (χ4n) is 1.19. The number of carbonyl (C=O) groups excluding carboxylic acids is 1. The first kappa shape index (κ1) is 12.1. The highest BCUT2D eigenvalue weighted by atomic mass is 35.5. The molecule has 86 valence electrons. The van der Waals surface area contributed by atoms with Crippen molar-refractivity contribution < 1.29 is 14.7 Å². The summed E-state index contributed by atoms with van der Waals surface area (Å²) in [7, 11) is 0. The van der Waals surface area contributed by atoms with Crippen molar-refractivity contribution in [2.75, 3.05) is 13.1 Å². The van der Waals surface area contributed by atoms with Crippen LogP contribution in [0.4, 0.5) is 4.79 Å². The zero-order valence-corrected chi connectivity index (χ0v) is 9.78. The maximum Gasteiger partial charge on any atom is 0.410 e. The molecule has 0 atom stereocenters. The summed E-state index contributed by atoms with van der Waals surface area (Å²) in [6.07, 6.45) is -0.360. The van der Waals surface area contributed by atoms with Crippen molar-refractivity contribution >= 4 is 22.9 Å². The van der Waals surface area contributed by atoms with Gasteiger partial charge in [0.25, 0.3) is 0 Å². The fourth-order valence-corrected chi connectivity index (χ4v) is 1.32. The van der Waals surface area contributed by atoms with Crippen molar-refractivity contribution in [3.63, 3.8) is 0 Å². The molecule has 0 bridgehead atoms. The van der Waals surface area contributed by atoms with E-state index in [0.717, 1.165) is 0 Å². The summed E-state index contributed by atoms with van der Waals surface area (Å²) in [6.45, 7) is 6.31. The van der Waals surface area contributed by atoms with Crippen molar-refractivity contribution in [3.05, 3.63) is 0 Å². The molecule has 1 aliphatic heterocycles. The van der Waals surface area contributed by atoms with Crippen LogP contribution >= 0.6 is 11.6 Å². The summed E-state index contributed by atoms with van der Waals surface area (Å²) in [6, 6.07) is 0. The molecule has 0 saturated carbocycles. The van der Waals surface area contributed by atoms with Gasteiger partial charge in [0, 0.05) is 13.1 Å². The van der Waals surface area contributed by atoms with Crippen LogP contribution in [0.2, 0.25) is 0 Å². The van der Waals surface area contributed by atoms with Crippen molar-refractivity contribution in [2.24, 2.45) is 11.1 Å². The van der Waals surface area contributed by atoms with Gasteiger partial charge in [-0.2, -0.15) is 0 Å². The normalized spacial score (nSPS) is 18.7. The largest absolute Gasteiger partial charge is 0.444 e. The van der Waals surface area contributed by atoms with E-state index in [1.54, 1.807) is 0 Å². The van der Waals surface area contributed by atoms with E-state index in [2.05, 4.69) is 5.16 Å². The Balaban J connectivity index is 2.36. The molecule has 0 aromatic rings. The van der Waals surface area contributed by atoms with Gasteiger partial charge in [0.15, 0.2) is 5.17 Å². The smallest absolute Gasteiger partial charge is 0.410 e. The summed E-state index contributed by atoms with van der Waals surface area (Å²) >= 11 is 5.59. The minimum Gasteiger partial charge on any atom is -0.444 e. The van der Waals surface area contributed by atoms with E-state index in [-0.39, 0.29) is 17.2 Å². The highest BCUT2D eigenvalue weighted by Crippen LogP contribution is 2.21. The maximum absolute atomic E-state index is 11.5. The quantitative estimate of drug-likeness (QED) is 0.428. The van der Waals surface area contributed by atoms with E-state index in [4.69, 9.17) is 21.5 Å². The topological polar surface area (TPSA) is 62.1 Å². The molecule has 1 aliphatic rings. The van der Waals surface area contributed by atoms with E-state index in [9.17, 15) is 4.79 Å². The number of oxime groups is 1. The molecule has 1 amide bonds. The average molecular weight is 235 g/mol. The van der Waals surface area contributed by atoms with E-state index in [1.165, 1.54) is 4.90 Å². The Kier molecular flexibility index (Phi) is 3.44. The molecular weight excluding hydrogens is 220 g/mol. The Labute approximate surface area is 93.6 Å². The Morgan fingerprint density at radius 3 is 2.47 bits per heavy atom. The van der Waals surface area contributed by atoms with Gasteiger partial charge in [0.1, 0.15) is 5.60 Å². The summed E-state index contributed by atoms with van der Waals surface area (Å²) in [5.74, 6) is -0.0656. The van der Waals surface area contributed by atoms with Crippen LogP contribution in [0.25, 0.3) is 0 Å². The van der Waals surface area contributed by atoms with Crippen LogP contribution in [0.5, 0.6) is 0 Å². The Morgan fingerprint density at radius 2 is 2.07 bits per heavy atom. The molecular formula is C9H15ClN2O3. The lowest BCUT2D eigenvalue weighted by atomic mass is 10.0. The van der Waals surface area contributed by atoms with Crippen LogP contribution in [0, 0.1) is 5.92 Å². The molecule has 1 heterocycles. The Bertz CT molecular complexity index is 280. The zero-order chi connectivity index (χ0) is 11.6. The monoisotopic (exact) mass is 234 g/mol. The third-order valence-corrected chi connectivity index (χ3v) is 2.35. The van der Waals surface area contributed by atoms with Crippen LogP contribution in [0.3, 0.4) is 0 Å². The zero-order valence-electron chi connectivity index (χ0n) is 9.03. The van der Waals surface area contributed by atoms with Crippen LogP contribution in [0.1, 0.15) is 20.8 Å². The summed E-state index contributed by atoms with van der Waals surface area (Å²) < 4.78 is 5.14. The highest BCUT2D eigenvalue weighted by molar-refractivity contribution is 6.65. The molecule has 0 aliphatic carbocycles. The number of amides is 1. The number of ether oxygens (including phenoxy) is 1. The number of likely N-dealkylation sites (tertiary alicyclic amines) is 1. The fraction of sp³-hybridized carbons (Fsp3) is 0.778. The molecule has 0 unspecified atom stereocenters. The second kappa shape index (κ2) is 4.26. The van der Waals surface area contributed by atoms with Gasteiger partial charge in [-0.25, -0.2) is 4.79 Å². The molecule has 1 saturated heterocycles. The summed E-state index contributed by atoms with van der Waals surface area (Å²) in [5, 5.41) is 11.4. The third-order valence-electron chi connectivity index (χ3n) is 1.97. The second-order valence-electron chi connectivity index (χ2n) is 4.50. The minimum atomic E-state index is -0.489. The van der Waals surface area contributed by atoms with Gasteiger partial charge in [-0.1, -0.05) is 16.8 Å². The van der Waals surface area contributed by atoms with Crippen molar-refractivity contribution in [3.8, 4) is 0 Å². The number of rotatable bonds is 1. The summed E-state index contributed by atoms with van der Waals surface area (Å²) in [5.41, 5.74) is -0.489. The van der Waals surface area contributed by atoms with Crippen molar-refractivity contribution in [1.82, 2.24) is 4.90 Å². The van der Waals surface area contributed by atoms with Gasteiger partial charge in [0.05, 0.1) is 5.92 Å². The Morgan fingerprint density at radius 1 is 1.53 bits per heavy atom. The van der Waals surface area contributed by atoms with E-state index >= 15 is 0 Å². The standard InChI is InChI=1S/C9H15ClN2O3/c1-9(2,3)15-8(13)12-4-6(5-12)7(10)11-14/h6,14H,4-5H2,1-3H3/b11-7-. The lowest BCUT2D eigenvalue weighted by molar-refractivity contribution is 0.00693. The SMILES string of the molecule is CC(C)(C)OC(=O)N1CC(/C(Cl)=N/O)C1. The van der Waals surface area contributed by atoms with Crippen molar-refractivity contribution in [2.45, 2.75) is 26.4 Å². The lowest BCUT2D eigenvalue weighted by Crippen LogP contribution is -2.53. The van der Waals surface area contributed by atoms with E-state index in [0.29, 0.717) is 13.1 Å². The number of hydrogen-bond donors (Lipinski definition) is 1. The van der Waals surface area contributed by atoms with Gasteiger partial charge in [-0.15, -0.1) is 0 Å². The van der Waals surface area contributed by atoms with Crippen molar-refractivity contribution in [1.29, 1.82) is 0 Å². The van der Waals surface area contributed by atoms with Gasteiger partial charge in [-0.05, 0) is 20.8 Å². The molecule has 0 radical (unpaired) electrons. The maximum atomic E-state index is 11.5.